The van der Waals surface area contributed by atoms with Crippen molar-refractivity contribution in [3.05, 3.63) is 11.4 Å². The van der Waals surface area contributed by atoms with Gasteiger partial charge >= 0.3 is 21.4 Å². The summed E-state index contributed by atoms with van der Waals surface area (Å²) in [4.78, 5) is 31.2. The van der Waals surface area contributed by atoms with Gasteiger partial charge in [0, 0.05) is 31.6 Å². The van der Waals surface area contributed by atoms with Gasteiger partial charge in [-0.2, -0.15) is 0 Å². The molecule has 2 aliphatic rings. The van der Waals surface area contributed by atoms with E-state index in [1.54, 1.807) is 0 Å². The lowest BCUT2D eigenvalue weighted by molar-refractivity contribution is -0.144. The van der Waals surface area contributed by atoms with Crippen LogP contribution in [-0.4, -0.2) is 75.3 Å². The van der Waals surface area contributed by atoms with Crippen molar-refractivity contribution in [1.29, 1.82) is 0 Å². The van der Waals surface area contributed by atoms with Crippen molar-refractivity contribution in [1.82, 2.24) is 15.0 Å². The van der Waals surface area contributed by atoms with E-state index in [0.29, 0.717) is 43.8 Å². The van der Waals surface area contributed by atoms with Crippen LogP contribution in [0.5, 0.6) is 0 Å². The van der Waals surface area contributed by atoms with Gasteiger partial charge < -0.3 is 19.0 Å². The van der Waals surface area contributed by atoms with Crippen LogP contribution in [0.2, 0.25) is 0 Å². The number of phosphoric acid groups is 1. The molecule has 12 nitrogen and oxygen atoms in total. The molecular weight excluding hydrogens is 696 g/mol. The Labute approximate surface area is 295 Å². The van der Waals surface area contributed by atoms with E-state index in [-0.39, 0.29) is 19.2 Å². The summed E-state index contributed by atoms with van der Waals surface area (Å²) in [6.07, 6.45) is 16.7. The van der Waals surface area contributed by atoms with E-state index in [1.165, 1.54) is 12.4 Å². The first-order valence-corrected chi connectivity index (χ1v) is 23.9. The molecule has 1 aromatic heterocycles. The number of ether oxygens (including phenoxy) is 1. The minimum atomic E-state index is -4.01. The molecule has 278 valence electrons. The fraction of sp³-hybridized carbons (Fsp3) is 0.906. The highest BCUT2D eigenvalue weighted by Crippen LogP contribution is 2.53. The molecule has 1 fully saturated rings. The number of aromatic nitrogens is 3. The quantitative estimate of drug-likeness (QED) is 0.0368. The predicted molar refractivity (Wildman–Crippen MR) is 192 cm³/mol. The molecule has 0 aromatic carbocycles. The maximum Gasteiger partial charge on any atom is 0.472 e. The molecule has 0 aliphatic heterocycles. The summed E-state index contributed by atoms with van der Waals surface area (Å²) in [5.41, 5.74) is 2.38. The SMILES string of the molecule is Cn1nnc2c1CC[C@H]1[C@@H](CC2)[C@H]1COC(=O)CCCCCCCOP(=O)(O)OCCCCCCSSCCCCCCOP(C)(=O)O. The molecule has 0 spiro atoms. The van der Waals surface area contributed by atoms with Crippen LogP contribution < -0.4 is 0 Å². The summed E-state index contributed by atoms with van der Waals surface area (Å²) in [7, 11) is -1.62. The van der Waals surface area contributed by atoms with Gasteiger partial charge in [0.15, 0.2) is 0 Å². The van der Waals surface area contributed by atoms with Crippen molar-refractivity contribution in [2.45, 2.75) is 116 Å². The largest absolute Gasteiger partial charge is 0.472 e. The molecule has 2 unspecified atom stereocenters. The second-order valence-corrected chi connectivity index (χ2v) is 19.1. The fourth-order valence-electron chi connectivity index (χ4n) is 6.30. The third-order valence-electron chi connectivity index (χ3n) is 9.09. The monoisotopic (exact) mass is 755 g/mol. The van der Waals surface area contributed by atoms with Crippen LogP contribution in [0.15, 0.2) is 0 Å². The number of phosphoric ester groups is 1. The third kappa shape index (κ3) is 18.2. The number of esters is 1. The zero-order valence-electron chi connectivity index (χ0n) is 29.0. The molecule has 1 saturated carbocycles. The first-order chi connectivity index (χ1) is 23.1. The zero-order valence-corrected chi connectivity index (χ0v) is 32.4. The van der Waals surface area contributed by atoms with Crippen LogP contribution in [0.4, 0.5) is 0 Å². The van der Waals surface area contributed by atoms with Gasteiger partial charge in [0.25, 0.3) is 0 Å². The molecule has 3 rings (SSSR count). The Balaban J connectivity index is 1.03. The molecule has 2 N–H and O–H groups in total. The molecule has 2 aliphatic carbocycles. The first kappa shape index (κ1) is 42.0. The molecular formula is C32H59N3O9P2S2. The van der Waals surface area contributed by atoms with Crippen molar-refractivity contribution in [2.24, 2.45) is 24.8 Å². The molecule has 1 heterocycles. The predicted octanol–water partition coefficient (Wildman–Crippen LogP) is 7.91. The fourth-order valence-corrected chi connectivity index (χ4v) is 9.86. The van der Waals surface area contributed by atoms with Gasteiger partial charge in [-0.15, -0.1) is 5.10 Å². The highest BCUT2D eigenvalue weighted by molar-refractivity contribution is 8.76. The Bertz CT molecular complexity index is 1160. The summed E-state index contributed by atoms with van der Waals surface area (Å²) in [6.45, 7) is 2.50. The van der Waals surface area contributed by atoms with Gasteiger partial charge in [0.2, 0.25) is 0 Å². The maximum atomic E-state index is 12.3. The van der Waals surface area contributed by atoms with Gasteiger partial charge in [-0.25, -0.2) is 4.57 Å². The highest BCUT2D eigenvalue weighted by Gasteiger charge is 2.50. The van der Waals surface area contributed by atoms with Crippen molar-refractivity contribution in [2.75, 3.05) is 44.6 Å². The average molecular weight is 756 g/mol. The lowest BCUT2D eigenvalue weighted by Crippen LogP contribution is -2.08. The molecule has 48 heavy (non-hydrogen) atoms. The molecule has 0 amide bonds. The van der Waals surface area contributed by atoms with Crippen LogP contribution in [0.25, 0.3) is 0 Å². The van der Waals surface area contributed by atoms with Gasteiger partial charge in [-0.3, -0.25) is 23.1 Å². The van der Waals surface area contributed by atoms with Gasteiger partial charge in [-0.1, -0.05) is 71.7 Å². The van der Waals surface area contributed by atoms with E-state index < -0.39 is 15.4 Å². The number of hydrogen-bond acceptors (Lipinski definition) is 11. The first-order valence-electron chi connectivity index (χ1n) is 17.9. The Hall–Kier alpha value is -0.430. The number of hydrogen-bond donors (Lipinski definition) is 2. The van der Waals surface area contributed by atoms with E-state index in [4.69, 9.17) is 23.2 Å². The van der Waals surface area contributed by atoms with E-state index in [1.807, 2.05) is 33.3 Å². The number of rotatable bonds is 28. The number of unbranched alkanes of at least 4 members (excludes halogenated alkanes) is 10. The lowest BCUT2D eigenvalue weighted by Gasteiger charge is -2.12. The topological polar surface area (TPSA) is 159 Å². The Morgan fingerprint density at radius 3 is 1.92 bits per heavy atom. The van der Waals surface area contributed by atoms with Gasteiger partial charge in [0.1, 0.15) is 0 Å². The third-order valence-corrected chi connectivity index (χ3v) is 13.3. The van der Waals surface area contributed by atoms with Crippen LogP contribution in [0.1, 0.15) is 114 Å². The molecule has 0 radical (unpaired) electrons. The van der Waals surface area contributed by atoms with Crippen LogP contribution >= 0.6 is 37.0 Å². The number of fused-ring (bicyclic) bond motifs is 2. The highest BCUT2D eigenvalue weighted by atomic mass is 33.1. The van der Waals surface area contributed by atoms with Crippen molar-refractivity contribution >= 4 is 43.0 Å². The summed E-state index contributed by atoms with van der Waals surface area (Å²) in [5.74, 6) is 3.85. The number of nitrogens with zero attached hydrogens (tertiary/aromatic N) is 3. The normalized spacial score (nSPS) is 21.4. The van der Waals surface area contributed by atoms with Crippen LogP contribution in [-0.2, 0) is 52.1 Å². The zero-order chi connectivity index (χ0) is 34.7. The Morgan fingerprint density at radius 1 is 0.792 bits per heavy atom. The molecule has 0 bridgehead atoms. The summed E-state index contributed by atoms with van der Waals surface area (Å²) in [6, 6.07) is 0. The molecule has 1 aromatic rings. The standard InChI is InChI=1S/C32H59N3O9P2S2/c1-35-31-20-18-28-27(17-19-30(31)33-34-35)29(28)26-41-32(36)16-10-4-3-5-12-22-43-46(39,40)44-23-13-7-9-15-25-48-47-24-14-8-6-11-21-42-45(2,37)38/h27-29H,3-26H2,1-2H3,(H,37,38)(H,39,40)/t27-,28+,29-/m1/s1. The van der Waals surface area contributed by atoms with E-state index in [9.17, 15) is 18.8 Å². The van der Waals surface area contributed by atoms with Crippen LogP contribution in [0, 0.1) is 17.8 Å². The average Bonchev–Trinajstić information content (AvgIpc) is 3.56. The summed E-state index contributed by atoms with van der Waals surface area (Å²) >= 11 is 0. The van der Waals surface area contributed by atoms with Crippen molar-refractivity contribution < 1.29 is 42.0 Å². The minimum absolute atomic E-state index is 0.110. The van der Waals surface area contributed by atoms with Crippen molar-refractivity contribution in [3.8, 4) is 0 Å². The smallest absolute Gasteiger partial charge is 0.465 e. The van der Waals surface area contributed by atoms with Crippen molar-refractivity contribution in [3.63, 3.8) is 0 Å². The number of carbonyl (C=O) groups is 1. The maximum absolute atomic E-state index is 12.3. The van der Waals surface area contributed by atoms with E-state index in [2.05, 4.69) is 10.3 Å². The summed E-state index contributed by atoms with van der Waals surface area (Å²) in [5, 5.41) is 8.46. The summed E-state index contributed by atoms with van der Waals surface area (Å²) < 4.78 is 45.7. The number of carbonyl (C=O) groups excluding carboxylic acids is 1. The Kier molecular flexibility index (Phi) is 20.3. The van der Waals surface area contributed by atoms with Crippen LogP contribution in [0.3, 0.4) is 0 Å². The molecule has 0 saturated heterocycles. The van der Waals surface area contributed by atoms with Gasteiger partial charge in [-0.05, 0) is 82.0 Å². The van der Waals surface area contributed by atoms with E-state index >= 15 is 0 Å². The number of aryl methyl sites for hydroxylation is 2. The minimum Gasteiger partial charge on any atom is -0.465 e. The second-order valence-electron chi connectivity index (χ2n) is 13.1. The lowest BCUT2D eigenvalue weighted by atomic mass is 10.0. The molecule has 5 atom stereocenters. The second kappa shape index (κ2) is 23.2. The molecule has 16 heteroatoms. The van der Waals surface area contributed by atoms with E-state index in [0.717, 1.165) is 120 Å². The Morgan fingerprint density at radius 2 is 1.31 bits per heavy atom. The van der Waals surface area contributed by atoms with Gasteiger partial charge in [0.05, 0.1) is 37.8 Å².